The molecule has 0 amide bonds. The van der Waals surface area contributed by atoms with E-state index in [2.05, 4.69) is 9.97 Å². The fourth-order valence-corrected chi connectivity index (χ4v) is 5.59. The number of rotatable bonds is 0. The molecular weight excluding hydrogens is 839 g/mol. The third kappa shape index (κ3) is 11.5. The second-order valence-electron chi connectivity index (χ2n) is 11.0. The van der Waals surface area contributed by atoms with Gasteiger partial charge in [0.2, 0.25) is 0 Å². The summed E-state index contributed by atoms with van der Waals surface area (Å²) in [7, 11) is -15.5. The van der Waals surface area contributed by atoms with Crippen LogP contribution in [0.5, 0.6) is 0 Å². The zero-order valence-corrected chi connectivity index (χ0v) is 33.0. The molecule has 9 rings (SSSR count). The average Bonchev–Trinajstić information content (AvgIpc) is 3.82. The molecule has 7 aromatic rings. The van der Waals surface area contributed by atoms with Crippen molar-refractivity contribution in [1.82, 2.24) is 39.9 Å². The number of nitrogens with zero attached hydrogens (tertiary/aromatic N) is 6. The molecule has 0 atom stereocenters. The Morgan fingerprint density at radius 1 is 0.333 bits per heavy atom. The number of benzene rings is 4. The quantitative estimate of drug-likeness (QED) is 0.125. The van der Waals surface area contributed by atoms with Crippen molar-refractivity contribution in [2.45, 2.75) is 0 Å². The molecule has 0 aliphatic carbocycles. The zero-order valence-electron chi connectivity index (χ0n) is 28.2. The Bertz CT molecular complexity index is 2730. The molecule has 2 N–H and O–H groups in total. The molecule has 5 heterocycles. The standard InChI is InChI=1S/C32H18N8.2Al.3H2O4S/c1-2-10-18-17(9-1)25-33-26(18)38-28-21-13-5-6-14-22(21)30(35-28)40-32-24-16-8-7-15-23(24)31(36-32)39-29-20-12-4-3-11-19(20)27(34-29)37-25;;;3*1-5(2,3)4/h1-16H,(H2,33,34,35,36,37,38,39,40);;;3*(H2,1,2,3,4)/q;2*+3;;;/p-6. The summed E-state index contributed by atoms with van der Waals surface area (Å²) in [5.41, 5.74) is 6.45. The summed E-state index contributed by atoms with van der Waals surface area (Å²) in [5, 5.41) is 3.82. The van der Waals surface area contributed by atoms with Gasteiger partial charge in [-0.2, -0.15) is 0 Å². The summed E-state index contributed by atoms with van der Waals surface area (Å²) in [6, 6.07) is 32.2. The molecule has 0 saturated carbocycles. The van der Waals surface area contributed by atoms with Gasteiger partial charge in [-0.3, -0.25) is 25.3 Å². The predicted octanol–water partition coefficient (Wildman–Crippen LogP) is 2.09. The van der Waals surface area contributed by atoms with Gasteiger partial charge in [-0.05, 0) is 0 Å². The molecule has 282 valence electrons. The Hall–Kier alpha value is -5.09. The van der Waals surface area contributed by atoms with Crippen molar-refractivity contribution in [1.29, 1.82) is 0 Å². The first kappa shape index (κ1) is 44.6. The molecule has 0 fully saturated rings. The van der Waals surface area contributed by atoms with E-state index in [4.69, 9.17) is 82.5 Å². The minimum atomic E-state index is -5.17. The molecule has 8 bridgehead atoms. The van der Waals surface area contributed by atoms with Crippen molar-refractivity contribution in [3.63, 3.8) is 0 Å². The molecule has 3 aromatic heterocycles. The third-order valence-corrected chi connectivity index (χ3v) is 7.46. The van der Waals surface area contributed by atoms with Crippen molar-refractivity contribution in [2.75, 3.05) is 0 Å². The van der Waals surface area contributed by atoms with Crippen molar-refractivity contribution in [3.8, 4) is 45.6 Å². The van der Waals surface area contributed by atoms with Crippen LogP contribution >= 0.6 is 0 Å². The van der Waals surface area contributed by atoms with Gasteiger partial charge in [-0.25, -0.2) is 29.9 Å². The van der Waals surface area contributed by atoms with Gasteiger partial charge < -0.3 is 37.3 Å². The van der Waals surface area contributed by atoms with Gasteiger partial charge in [-0.1, -0.05) is 97.1 Å². The second-order valence-corrected chi connectivity index (χ2v) is 13.5. The zero-order chi connectivity index (χ0) is 39.7. The second kappa shape index (κ2) is 17.6. The van der Waals surface area contributed by atoms with Gasteiger partial charge in [0.05, 0.1) is 0 Å². The minimum absolute atomic E-state index is 0. The molecular formula is C32H18Al2N8O12S3. The van der Waals surface area contributed by atoms with Crippen LogP contribution in [0.1, 0.15) is 0 Å². The van der Waals surface area contributed by atoms with E-state index < -0.39 is 31.2 Å². The molecule has 4 aromatic carbocycles. The van der Waals surface area contributed by atoms with Gasteiger partial charge in [0.15, 0.2) is 23.3 Å². The molecule has 2 aliphatic heterocycles. The van der Waals surface area contributed by atoms with Gasteiger partial charge in [0.1, 0.15) is 22.6 Å². The first-order chi connectivity index (χ1) is 25.8. The van der Waals surface area contributed by atoms with E-state index in [0.717, 1.165) is 43.8 Å². The van der Waals surface area contributed by atoms with E-state index in [1.54, 1.807) is 0 Å². The maximum absolute atomic E-state index is 8.52. The van der Waals surface area contributed by atoms with Crippen LogP contribution in [-0.2, 0) is 31.2 Å². The van der Waals surface area contributed by atoms with Crippen molar-refractivity contribution in [2.24, 2.45) is 0 Å². The fraction of sp³-hybridized carbons (Fsp3) is 0. The van der Waals surface area contributed by atoms with Crippen molar-refractivity contribution in [3.05, 3.63) is 97.1 Å². The predicted molar refractivity (Wildman–Crippen MR) is 199 cm³/mol. The number of aromatic amines is 2. The Morgan fingerprint density at radius 2 is 0.509 bits per heavy atom. The summed E-state index contributed by atoms with van der Waals surface area (Å²) >= 11 is 0. The SMILES string of the molecule is O=S(=O)([O-])[O-].O=S(=O)([O-])[O-].O=S(=O)([O-])[O-].[Al+3].[Al+3].c1ccc2c(c1)-c1nc-2nc2[nH]c(nc3nc(nc4[nH]c(n1)c1ccccc41)-c1ccccc1-3)c1ccccc21. The van der Waals surface area contributed by atoms with Crippen LogP contribution in [0.3, 0.4) is 0 Å². The van der Waals surface area contributed by atoms with Crippen LogP contribution in [0, 0.1) is 0 Å². The maximum Gasteiger partial charge on any atom is 3.00 e. The van der Waals surface area contributed by atoms with E-state index in [-0.39, 0.29) is 34.7 Å². The van der Waals surface area contributed by atoms with Crippen LogP contribution in [0.2, 0.25) is 0 Å². The third-order valence-electron chi connectivity index (χ3n) is 7.46. The first-order valence-electron chi connectivity index (χ1n) is 15.0. The van der Waals surface area contributed by atoms with Crippen LogP contribution in [0.25, 0.3) is 89.7 Å². The number of hydrogen-bond donors (Lipinski definition) is 2. The van der Waals surface area contributed by atoms with E-state index in [9.17, 15) is 0 Å². The molecule has 57 heavy (non-hydrogen) atoms. The molecule has 0 radical (unpaired) electrons. The summed E-state index contributed by atoms with van der Waals surface area (Å²) in [6.07, 6.45) is 0. The summed E-state index contributed by atoms with van der Waals surface area (Å²) in [5.74, 6) is 2.39. The van der Waals surface area contributed by atoms with Crippen LogP contribution in [0.4, 0.5) is 0 Å². The summed E-state index contributed by atoms with van der Waals surface area (Å²) in [4.78, 5) is 36.8. The van der Waals surface area contributed by atoms with Crippen molar-refractivity contribution >= 4 is 110 Å². The maximum atomic E-state index is 8.52. The van der Waals surface area contributed by atoms with Gasteiger partial charge in [-0.15, -0.1) is 0 Å². The van der Waals surface area contributed by atoms with Crippen LogP contribution < -0.4 is 0 Å². The van der Waals surface area contributed by atoms with E-state index >= 15 is 0 Å². The topological polar surface area (TPSA) is 350 Å². The number of aromatic nitrogens is 8. The van der Waals surface area contributed by atoms with E-state index in [1.165, 1.54) is 0 Å². The monoisotopic (exact) mass is 856 g/mol. The Balaban J connectivity index is 0.000000367. The molecule has 2 aliphatic rings. The largest absolute Gasteiger partial charge is 3.00 e. The Morgan fingerprint density at radius 3 is 0.702 bits per heavy atom. The molecule has 25 heteroatoms. The molecule has 0 spiro atoms. The fourth-order valence-electron chi connectivity index (χ4n) is 5.59. The van der Waals surface area contributed by atoms with Crippen LogP contribution in [-0.4, -0.2) is 127 Å². The summed E-state index contributed by atoms with van der Waals surface area (Å²) in [6.45, 7) is 0. The minimum Gasteiger partial charge on any atom is -0.759 e. The Kier molecular flexibility index (Phi) is 13.8. The molecule has 0 saturated heterocycles. The van der Waals surface area contributed by atoms with Crippen LogP contribution in [0.15, 0.2) is 97.1 Å². The van der Waals surface area contributed by atoms with Gasteiger partial charge >= 0.3 is 34.7 Å². The molecule has 0 unspecified atom stereocenters. The van der Waals surface area contributed by atoms with Gasteiger partial charge in [0, 0.05) is 75.0 Å². The summed E-state index contributed by atoms with van der Waals surface area (Å²) < 4.78 is 102. The van der Waals surface area contributed by atoms with Crippen molar-refractivity contribution < 1.29 is 52.6 Å². The first-order valence-corrected chi connectivity index (χ1v) is 19.0. The number of H-pyrrole nitrogens is 2. The normalized spacial score (nSPS) is 11.5. The van der Waals surface area contributed by atoms with E-state index in [1.807, 2.05) is 97.1 Å². The molecule has 20 nitrogen and oxygen atoms in total. The van der Waals surface area contributed by atoms with E-state index in [0.29, 0.717) is 45.9 Å². The number of hydrogen-bond acceptors (Lipinski definition) is 18. The smallest absolute Gasteiger partial charge is 0.759 e. The van der Waals surface area contributed by atoms with Gasteiger partial charge in [0.25, 0.3) is 0 Å². The number of fused-ring (bicyclic) bond motifs is 20. The number of nitrogens with one attached hydrogen (secondary N) is 2. The Labute approximate surface area is 343 Å². The average molecular weight is 857 g/mol.